The molecule has 0 saturated carbocycles. The summed E-state index contributed by atoms with van der Waals surface area (Å²) in [5.74, 6) is 0. The van der Waals surface area contributed by atoms with E-state index in [2.05, 4.69) is 11.0 Å². The lowest BCUT2D eigenvalue weighted by Crippen LogP contribution is -2.33. The Morgan fingerprint density at radius 2 is 2.11 bits per heavy atom. The number of hydrogen-bond acceptors (Lipinski definition) is 2. The minimum Gasteiger partial charge on any atom is -0.370 e. The van der Waals surface area contributed by atoms with E-state index in [-0.39, 0.29) is 0 Å². The molecule has 1 heterocycles. The Morgan fingerprint density at radius 1 is 1.39 bits per heavy atom. The minimum absolute atomic E-state index is 0.350. The normalized spacial score (nSPS) is 21.3. The molecule has 1 aromatic rings. The largest absolute Gasteiger partial charge is 0.416 e. The summed E-state index contributed by atoms with van der Waals surface area (Å²) in [6, 6.07) is 6.69. The van der Waals surface area contributed by atoms with Crippen molar-refractivity contribution in [2.75, 3.05) is 32.1 Å². The molecule has 1 saturated heterocycles. The number of halogens is 3. The number of nitrogens with zero attached hydrogens (tertiary/aromatic N) is 2. The lowest BCUT2D eigenvalue weighted by atomic mass is 10.1. The number of alkyl halides is 3. The van der Waals surface area contributed by atoms with Crippen molar-refractivity contribution in [3.63, 3.8) is 0 Å². The van der Waals surface area contributed by atoms with Gasteiger partial charge in [0.2, 0.25) is 0 Å². The van der Waals surface area contributed by atoms with Crippen LogP contribution < -0.4 is 4.90 Å². The maximum Gasteiger partial charge on any atom is 0.416 e. The van der Waals surface area contributed by atoms with Gasteiger partial charge in [-0.05, 0) is 38.2 Å². The summed E-state index contributed by atoms with van der Waals surface area (Å²) in [6.07, 6.45) is -3.26. The van der Waals surface area contributed by atoms with Gasteiger partial charge in [0.15, 0.2) is 0 Å². The van der Waals surface area contributed by atoms with E-state index >= 15 is 0 Å². The smallest absolute Gasteiger partial charge is 0.370 e. The summed E-state index contributed by atoms with van der Waals surface area (Å²) < 4.78 is 37.3. The predicted molar refractivity (Wildman–Crippen MR) is 64.6 cm³/mol. The Labute approximate surface area is 105 Å². The van der Waals surface area contributed by atoms with Crippen molar-refractivity contribution in [2.24, 2.45) is 0 Å². The van der Waals surface area contributed by atoms with Crippen LogP contribution in [0.15, 0.2) is 18.2 Å². The van der Waals surface area contributed by atoms with Crippen molar-refractivity contribution >= 4 is 5.69 Å². The minimum atomic E-state index is -4.29. The van der Waals surface area contributed by atoms with E-state index in [1.165, 1.54) is 6.07 Å². The number of hydrogen-bond donors (Lipinski definition) is 0. The fraction of sp³-hybridized carbons (Fsp3) is 0.538. The van der Waals surface area contributed by atoms with Crippen molar-refractivity contribution in [2.45, 2.75) is 18.6 Å². The van der Waals surface area contributed by atoms with Gasteiger partial charge in [-0.1, -0.05) is 0 Å². The zero-order chi connectivity index (χ0) is 13.3. The second kappa shape index (κ2) is 4.80. The molecular weight excluding hydrogens is 241 g/mol. The molecule has 0 amide bonds. The number of benzene rings is 1. The Hall–Kier alpha value is -1.23. The molecule has 1 aliphatic heterocycles. The van der Waals surface area contributed by atoms with Crippen molar-refractivity contribution in [1.29, 1.82) is 0 Å². The van der Waals surface area contributed by atoms with Crippen LogP contribution in [-0.4, -0.2) is 38.1 Å². The van der Waals surface area contributed by atoms with E-state index in [0.29, 0.717) is 11.7 Å². The van der Waals surface area contributed by atoms with E-state index < -0.39 is 11.7 Å². The maximum atomic E-state index is 12.4. The molecule has 1 aliphatic rings. The molecule has 99 valence electrons. The maximum absolute atomic E-state index is 12.4. The van der Waals surface area contributed by atoms with Crippen LogP contribution in [0, 0.1) is 6.07 Å². The van der Waals surface area contributed by atoms with Gasteiger partial charge in [-0.3, -0.25) is 0 Å². The topological polar surface area (TPSA) is 6.48 Å². The van der Waals surface area contributed by atoms with Gasteiger partial charge in [-0.25, -0.2) is 0 Å². The highest BCUT2D eigenvalue weighted by Crippen LogP contribution is 2.30. The SMILES string of the molecule is CN1CCC(N(C)c2[c]cc(C(F)(F)F)cc2)C1. The van der Waals surface area contributed by atoms with E-state index in [9.17, 15) is 13.2 Å². The second-order valence-electron chi connectivity index (χ2n) is 4.78. The predicted octanol–water partition coefficient (Wildman–Crippen LogP) is 2.65. The molecule has 18 heavy (non-hydrogen) atoms. The third-order valence-electron chi connectivity index (χ3n) is 3.42. The fourth-order valence-electron chi connectivity index (χ4n) is 2.24. The summed E-state index contributed by atoms with van der Waals surface area (Å²) in [4.78, 5) is 4.22. The Morgan fingerprint density at radius 3 is 2.56 bits per heavy atom. The molecule has 0 aromatic heterocycles. The zero-order valence-electron chi connectivity index (χ0n) is 10.5. The molecule has 1 radical (unpaired) electrons. The fourth-order valence-corrected chi connectivity index (χ4v) is 2.24. The van der Waals surface area contributed by atoms with Gasteiger partial charge in [0.1, 0.15) is 0 Å². The van der Waals surface area contributed by atoms with Crippen molar-refractivity contribution in [3.8, 4) is 0 Å². The van der Waals surface area contributed by atoms with Gasteiger partial charge in [-0.2, -0.15) is 13.2 Å². The molecule has 0 bridgehead atoms. The average Bonchev–Trinajstić information content (AvgIpc) is 2.74. The number of rotatable bonds is 2. The van der Waals surface area contributed by atoms with Gasteiger partial charge in [0, 0.05) is 31.4 Å². The first kappa shape index (κ1) is 13.2. The summed E-state index contributed by atoms with van der Waals surface area (Å²) >= 11 is 0. The molecule has 0 aliphatic carbocycles. The van der Waals surface area contributed by atoms with Crippen LogP contribution in [0.2, 0.25) is 0 Å². The Balaban J connectivity index is 2.10. The standard InChI is InChI=1S/C13H16F3N2/c1-17-8-7-12(9-17)18(2)11-5-3-10(4-6-11)13(14,15)16/h3-5,12H,7-9H2,1-2H3. The lowest BCUT2D eigenvalue weighted by molar-refractivity contribution is -0.137. The van der Waals surface area contributed by atoms with Gasteiger partial charge in [0.25, 0.3) is 0 Å². The van der Waals surface area contributed by atoms with Crippen molar-refractivity contribution < 1.29 is 13.2 Å². The van der Waals surface area contributed by atoms with Gasteiger partial charge in [0.05, 0.1) is 5.56 Å². The van der Waals surface area contributed by atoms with Crippen LogP contribution >= 0.6 is 0 Å². The summed E-state index contributed by atoms with van der Waals surface area (Å²) in [5.41, 5.74) is 0.0616. The molecule has 2 nitrogen and oxygen atoms in total. The van der Waals surface area contributed by atoms with Crippen molar-refractivity contribution in [1.82, 2.24) is 4.90 Å². The second-order valence-corrected chi connectivity index (χ2v) is 4.78. The van der Waals surface area contributed by atoms with Gasteiger partial charge < -0.3 is 9.80 Å². The Bertz CT molecular complexity index is 400. The first-order chi connectivity index (χ1) is 8.38. The quantitative estimate of drug-likeness (QED) is 0.803. The summed E-state index contributed by atoms with van der Waals surface area (Å²) in [6.45, 7) is 1.96. The number of likely N-dealkylation sites (N-methyl/N-ethyl adjacent to an activating group) is 2. The highest BCUT2D eigenvalue weighted by Gasteiger charge is 2.30. The van der Waals surface area contributed by atoms with E-state index in [1.54, 1.807) is 0 Å². The van der Waals surface area contributed by atoms with Crippen LogP contribution in [0.3, 0.4) is 0 Å². The number of anilines is 1. The highest BCUT2D eigenvalue weighted by atomic mass is 19.4. The average molecular weight is 257 g/mol. The van der Waals surface area contributed by atoms with Crippen LogP contribution in [0.5, 0.6) is 0 Å². The van der Waals surface area contributed by atoms with Crippen molar-refractivity contribution in [3.05, 3.63) is 29.8 Å². The molecular formula is C13H16F3N2. The van der Waals surface area contributed by atoms with Crippen LogP contribution in [-0.2, 0) is 6.18 Å². The molecule has 1 unspecified atom stereocenters. The molecule has 0 N–H and O–H groups in total. The van der Waals surface area contributed by atoms with E-state index in [4.69, 9.17) is 0 Å². The monoisotopic (exact) mass is 257 g/mol. The molecule has 5 heteroatoms. The summed E-state index contributed by atoms with van der Waals surface area (Å²) in [7, 11) is 3.95. The van der Waals surface area contributed by atoms with Gasteiger partial charge in [-0.15, -0.1) is 0 Å². The van der Waals surface area contributed by atoms with Gasteiger partial charge >= 0.3 is 6.18 Å². The third-order valence-corrected chi connectivity index (χ3v) is 3.42. The lowest BCUT2D eigenvalue weighted by Gasteiger charge is -2.26. The first-order valence-corrected chi connectivity index (χ1v) is 5.88. The first-order valence-electron chi connectivity index (χ1n) is 5.88. The number of likely N-dealkylation sites (tertiary alicyclic amines) is 1. The van der Waals surface area contributed by atoms with Crippen LogP contribution in [0.25, 0.3) is 0 Å². The van der Waals surface area contributed by atoms with Crippen LogP contribution in [0.1, 0.15) is 12.0 Å². The van der Waals surface area contributed by atoms with E-state index in [1.807, 2.05) is 19.0 Å². The molecule has 1 atom stereocenters. The van der Waals surface area contributed by atoms with E-state index in [0.717, 1.165) is 31.6 Å². The summed E-state index contributed by atoms with van der Waals surface area (Å²) in [5, 5.41) is 0. The molecule has 2 rings (SSSR count). The molecule has 1 aromatic carbocycles. The third kappa shape index (κ3) is 2.77. The zero-order valence-corrected chi connectivity index (χ0v) is 10.5. The Kier molecular flexibility index (Phi) is 3.52. The molecule has 1 fully saturated rings. The van der Waals surface area contributed by atoms with Crippen LogP contribution in [0.4, 0.5) is 18.9 Å². The molecule has 0 spiro atoms. The highest BCUT2D eigenvalue weighted by molar-refractivity contribution is 5.47.